The molecule has 5 heterocycles. The van der Waals surface area contributed by atoms with Crippen LogP contribution in [0.5, 0.6) is 0 Å². The Kier molecular flexibility index (Phi) is 3.10. The first-order valence-electron chi connectivity index (χ1n) is 8.79. The lowest BCUT2D eigenvalue weighted by Gasteiger charge is -2.38. The van der Waals surface area contributed by atoms with Crippen LogP contribution in [0, 0.1) is 0 Å². The lowest BCUT2D eigenvalue weighted by Crippen LogP contribution is -3.03. The third kappa shape index (κ3) is 2.27. The van der Waals surface area contributed by atoms with E-state index in [9.17, 15) is 0 Å². The van der Waals surface area contributed by atoms with Gasteiger partial charge >= 0.3 is 0 Å². The molecule has 0 bridgehead atoms. The smallest absolute Gasteiger partial charge is 0.183 e. The summed E-state index contributed by atoms with van der Waals surface area (Å²) in [5.41, 5.74) is 3.36. The normalized spacial score (nSPS) is 18.3. The first-order chi connectivity index (χ1) is 12.3. The number of aromatic nitrogens is 5. The van der Waals surface area contributed by atoms with Crippen LogP contribution in [0.1, 0.15) is 38.1 Å². The van der Waals surface area contributed by atoms with Crippen LogP contribution in [-0.2, 0) is 12.0 Å². The lowest BCUT2D eigenvalue weighted by atomic mass is 9.82. The van der Waals surface area contributed by atoms with Gasteiger partial charge in [0.25, 0.3) is 0 Å². The van der Waals surface area contributed by atoms with Crippen LogP contribution in [0.25, 0.3) is 27.3 Å². The molecule has 0 aromatic carbocycles. The summed E-state index contributed by atoms with van der Waals surface area (Å²) in [7, 11) is 0. The molecule has 0 fully saturated rings. The third-order valence-corrected chi connectivity index (χ3v) is 6.50. The van der Waals surface area contributed by atoms with E-state index < -0.39 is 0 Å². The Labute approximate surface area is 155 Å². The second-order valence-corrected chi connectivity index (χ2v) is 9.31. The SMILES string of the molecule is CC1(C)Cc2c(sc3ncn4nc(-c5cccnc5)nc4c23)C(C)(C)[NH2+]1. The molecule has 7 heteroatoms. The van der Waals surface area contributed by atoms with E-state index in [0.29, 0.717) is 5.82 Å². The van der Waals surface area contributed by atoms with E-state index in [0.717, 1.165) is 27.8 Å². The number of thiophene rings is 1. The molecule has 1 aliphatic rings. The van der Waals surface area contributed by atoms with E-state index in [1.54, 1.807) is 34.6 Å². The molecule has 0 atom stereocenters. The second kappa shape index (κ2) is 5.08. The minimum atomic E-state index is 0.0334. The van der Waals surface area contributed by atoms with Gasteiger partial charge in [0.05, 0.1) is 15.8 Å². The zero-order valence-electron chi connectivity index (χ0n) is 15.3. The summed E-state index contributed by atoms with van der Waals surface area (Å²) in [6.45, 7) is 9.20. The highest BCUT2D eigenvalue weighted by atomic mass is 32.1. The van der Waals surface area contributed by atoms with Crippen molar-refractivity contribution in [1.82, 2.24) is 24.6 Å². The molecule has 132 valence electrons. The van der Waals surface area contributed by atoms with Gasteiger partial charge in [0, 0.05) is 24.4 Å². The maximum Gasteiger partial charge on any atom is 0.183 e. The van der Waals surface area contributed by atoms with Crippen molar-refractivity contribution < 1.29 is 5.32 Å². The van der Waals surface area contributed by atoms with Crippen molar-refractivity contribution in [3.8, 4) is 11.4 Å². The molecule has 4 aromatic rings. The number of pyridine rings is 1. The van der Waals surface area contributed by atoms with Crippen LogP contribution in [0.4, 0.5) is 0 Å². The molecule has 0 saturated heterocycles. The number of hydrogen-bond acceptors (Lipinski definition) is 5. The van der Waals surface area contributed by atoms with E-state index in [-0.39, 0.29) is 11.1 Å². The fourth-order valence-corrected chi connectivity index (χ4v) is 5.54. The predicted octanol–water partition coefficient (Wildman–Crippen LogP) is 2.53. The average molecular weight is 365 g/mol. The molecule has 2 N–H and O–H groups in total. The van der Waals surface area contributed by atoms with Gasteiger partial charge < -0.3 is 5.32 Å². The van der Waals surface area contributed by atoms with E-state index in [4.69, 9.17) is 4.98 Å². The molecule has 4 aromatic heterocycles. The summed E-state index contributed by atoms with van der Waals surface area (Å²) in [6.07, 6.45) is 6.33. The molecule has 0 radical (unpaired) electrons. The van der Waals surface area contributed by atoms with Gasteiger partial charge in [-0.2, -0.15) is 0 Å². The maximum absolute atomic E-state index is 4.86. The monoisotopic (exact) mass is 365 g/mol. The first kappa shape index (κ1) is 15.8. The molecule has 0 spiro atoms. The van der Waals surface area contributed by atoms with Crippen molar-refractivity contribution in [2.24, 2.45) is 0 Å². The van der Waals surface area contributed by atoms with Gasteiger partial charge in [0.1, 0.15) is 16.7 Å². The number of hydrogen-bond donors (Lipinski definition) is 1. The van der Waals surface area contributed by atoms with Crippen LogP contribution in [0.3, 0.4) is 0 Å². The van der Waals surface area contributed by atoms with Crippen molar-refractivity contribution in [2.75, 3.05) is 0 Å². The highest BCUT2D eigenvalue weighted by molar-refractivity contribution is 7.19. The minimum Gasteiger partial charge on any atom is -0.333 e. The molecule has 0 amide bonds. The van der Waals surface area contributed by atoms with Crippen molar-refractivity contribution >= 4 is 27.2 Å². The van der Waals surface area contributed by atoms with E-state index in [1.807, 2.05) is 12.1 Å². The van der Waals surface area contributed by atoms with Crippen molar-refractivity contribution in [2.45, 2.75) is 45.2 Å². The summed E-state index contributed by atoms with van der Waals surface area (Å²) in [5, 5.41) is 8.26. The van der Waals surface area contributed by atoms with Gasteiger partial charge in [0.15, 0.2) is 11.5 Å². The standard InChI is InChI=1S/C19H20N6S/c1-18(2)8-12-13-16-22-15(11-6-5-7-20-9-11)23-25(16)10-21-17(13)26-14(12)19(3,4)24-18/h5-7,9-10,24H,8H2,1-4H3/p+1. The van der Waals surface area contributed by atoms with Gasteiger partial charge in [-0.25, -0.2) is 14.5 Å². The molecular weight excluding hydrogens is 344 g/mol. The van der Waals surface area contributed by atoms with Gasteiger partial charge in [0.2, 0.25) is 0 Å². The van der Waals surface area contributed by atoms with E-state index in [1.165, 1.54) is 10.4 Å². The zero-order valence-corrected chi connectivity index (χ0v) is 16.1. The Balaban J connectivity index is 1.81. The molecule has 1 aliphatic heterocycles. The maximum atomic E-state index is 4.86. The zero-order chi connectivity index (χ0) is 18.1. The Bertz CT molecular complexity index is 1140. The van der Waals surface area contributed by atoms with Gasteiger partial charge in [-0.1, -0.05) is 0 Å². The van der Waals surface area contributed by atoms with Crippen molar-refractivity contribution in [3.05, 3.63) is 41.3 Å². The van der Waals surface area contributed by atoms with Crippen LogP contribution >= 0.6 is 11.3 Å². The third-order valence-electron chi connectivity index (χ3n) is 5.02. The Hall–Kier alpha value is -2.38. The second-order valence-electron chi connectivity index (χ2n) is 8.31. The summed E-state index contributed by atoms with van der Waals surface area (Å²) in [6, 6.07) is 3.89. The van der Waals surface area contributed by atoms with E-state index in [2.05, 4.69) is 48.1 Å². The van der Waals surface area contributed by atoms with Crippen LogP contribution in [0.2, 0.25) is 0 Å². The van der Waals surface area contributed by atoms with Crippen LogP contribution in [-0.4, -0.2) is 30.1 Å². The van der Waals surface area contributed by atoms with Gasteiger partial charge in [-0.05, 0) is 45.4 Å². The predicted molar refractivity (Wildman–Crippen MR) is 102 cm³/mol. The van der Waals surface area contributed by atoms with Gasteiger partial charge in [-0.15, -0.1) is 16.4 Å². The summed E-state index contributed by atoms with van der Waals surface area (Å²) < 4.78 is 1.80. The number of quaternary nitrogens is 1. The molecule has 6 nitrogen and oxygen atoms in total. The molecule has 0 aliphatic carbocycles. The Morgan fingerprint density at radius 3 is 2.85 bits per heavy atom. The summed E-state index contributed by atoms with van der Waals surface area (Å²) in [5.74, 6) is 0.688. The quantitative estimate of drug-likeness (QED) is 0.563. The topological polar surface area (TPSA) is 72.6 Å². The van der Waals surface area contributed by atoms with E-state index >= 15 is 0 Å². The fraction of sp³-hybridized carbons (Fsp3) is 0.368. The molecule has 0 saturated carbocycles. The Morgan fingerprint density at radius 1 is 1.23 bits per heavy atom. The van der Waals surface area contributed by atoms with Crippen LogP contribution in [0.15, 0.2) is 30.9 Å². The number of rotatable bonds is 1. The number of fused-ring (bicyclic) bond motifs is 5. The van der Waals surface area contributed by atoms with Crippen LogP contribution < -0.4 is 5.32 Å². The number of nitrogens with zero attached hydrogens (tertiary/aromatic N) is 5. The van der Waals surface area contributed by atoms with Crippen molar-refractivity contribution in [3.63, 3.8) is 0 Å². The largest absolute Gasteiger partial charge is 0.333 e. The van der Waals surface area contributed by atoms with Crippen molar-refractivity contribution in [1.29, 1.82) is 0 Å². The fourth-order valence-electron chi connectivity index (χ4n) is 4.31. The molecule has 26 heavy (non-hydrogen) atoms. The molecule has 5 rings (SSSR count). The minimum absolute atomic E-state index is 0.0334. The first-order valence-corrected chi connectivity index (χ1v) is 9.60. The highest BCUT2D eigenvalue weighted by Crippen LogP contribution is 2.41. The number of nitrogens with two attached hydrogens (primary N) is 1. The lowest BCUT2D eigenvalue weighted by molar-refractivity contribution is -0.789. The summed E-state index contributed by atoms with van der Waals surface area (Å²) >= 11 is 1.79. The molecule has 0 unspecified atom stereocenters. The summed E-state index contributed by atoms with van der Waals surface area (Å²) in [4.78, 5) is 16.2. The molecular formula is C19H21N6S+. The van der Waals surface area contributed by atoms with Gasteiger partial charge in [-0.3, -0.25) is 4.98 Å². The highest BCUT2D eigenvalue weighted by Gasteiger charge is 2.43. The average Bonchev–Trinajstić information content (AvgIpc) is 3.15. The Morgan fingerprint density at radius 2 is 2.08 bits per heavy atom.